The molecule has 2 aromatic rings. The fourth-order valence-corrected chi connectivity index (χ4v) is 4.12. The van der Waals surface area contributed by atoms with Crippen LogP contribution < -0.4 is 5.32 Å². The highest BCUT2D eigenvalue weighted by atomic mass is 16.5. The van der Waals surface area contributed by atoms with Gasteiger partial charge in [0.25, 0.3) is 5.91 Å². The molecule has 0 saturated carbocycles. The molecule has 0 spiro atoms. The van der Waals surface area contributed by atoms with Crippen LogP contribution in [0.15, 0.2) is 24.4 Å². The molecule has 1 aliphatic heterocycles. The molecule has 0 radical (unpaired) electrons. The predicted molar refractivity (Wildman–Crippen MR) is 102 cm³/mol. The summed E-state index contributed by atoms with van der Waals surface area (Å²) in [5.41, 5.74) is 3.91. The van der Waals surface area contributed by atoms with E-state index in [0.29, 0.717) is 25.5 Å². The molecule has 3 heterocycles. The second-order valence-electron chi connectivity index (χ2n) is 7.23. The molecule has 1 saturated heterocycles. The first-order valence-corrected chi connectivity index (χ1v) is 9.79. The molecule has 144 valence electrons. The number of amides is 1. The lowest BCUT2D eigenvalue weighted by Gasteiger charge is -2.34. The van der Waals surface area contributed by atoms with E-state index in [2.05, 4.69) is 20.3 Å². The largest absolute Gasteiger partial charge is 0.379 e. The zero-order valence-electron chi connectivity index (χ0n) is 15.9. The van der Waals surface area contributed by atoms with Crippen molar-refractivity contribution in [2.24, 2.45) is 7.05 Å². The van der Waals surface area contributed by atoms with Crippen molar-refractivity contribution in [2.75, 3.05) is 32.8 Å². The molecule has 1 atom stereocenters. The van der Waals surface area contributed by atoms with Gasteiger partial charge in [-0.1, -0.05) is 6.07 Å². The van der Waals surface area contributed by atoms with Crippen LogP contribution >= 0.6 is 0 Å². The molecule has 0 bridgehead atoms. The number of hydrogen-bond donors (Lipinski definition) is 1. The summed E-state index contributed by atoms with van der Waals surface area (Å²) in [5.74, 6) is -0.0395. The van der Waals surface area contributed by atoms with E-state index in [-0.39, 0.29) is 11.9 Å². The van der Waals surface area contributed by atoms with E-state index in [0.717, 1.165) is 55.7 Å². The summed E-state index contributed by atoms with van der Waals surface area (Å²) in [5, 5.41) is 7.71. The van der Waals surface area contributed by atoms with E-state index in [9.17, 15) is 4.79 Å². The summed E-state index contributed by atoms with van der Waals surface area (Å²) in [7, 11) is 1.87. The van der Waals surface area contributed by atoms with Crippen LogP contribution in [0.25, 0.3) is 0 Å². The molecule has 7 nitrogen and oxygen atoms in total. The second-order valence-corrected chi connectivity index (χ2v) is 7.23. The van der Waals surface area contributed by atoms with E-state index >= 15 is 0 Å². The molecule has 1 N–H and O–H groups in total. The third-order valence-corrected chi connectivity index (χ3v) is 5.51. The Balaban J connectivity index is 1.51. The monoisotopic (exact) mass is 369 g/mol. The third kappa shape index (κ3) is 3.89. The van der Waals surface area contributed by atoms with Gasteiger partial charge < -0.3 is 10.1 Å². The van der Waals surface area contributed by atoms with Gasteiger partial charge in [0.15, 0.2) is 0 Å². The smallest absolute Gasteiger partial charge is 0.269 e. The lowest BCUT2D eigenvalue weighted by molar-refractivity contribution is 0.0153. The molecular weight excluding hydrogens is 342 g/mol. The maximum absolute atomic E-state index is 13.0. The van der Waals surface area contributed by atoms with E-state index in [1.807, 2.05) is 31.4 Å². The standard InChI is InChI=1S/C20H27N5O2/c1-24-19(15-6-2-3-7-16(15)23-24)20(26)22-14-18(17-8-4-5-9-21-17)25-10-12-27-13-11-25/h4-5,8-9,18H,2-3,6-7,10-14H2,1H3,(H,22,26)/t18-/m0/s1. The summed E-state index contributed by atoms with van der Waals surface area (Å²) in [4.78, 5) is 19.9. The molecular formula is C20H27N5O2. The van der Waals surface area contributed by atoms with Crippen molar-refractivity contribution in [1.82, 2.24) is 25.0 Å². The Morgan fingerprint density at radius 1 is 1.26 bits per heavy atom. The lowest BCUT2D eigenvalue weighted by Crippen LogP contribution is -2.44. The van der Waals surface area contributed by atoms with Crippen LogP contribution in [0.4, 0.5) is 0 Å². The van der Waals surface area contributed by atoms with Gasteiger partial charge in [-0.05, 0) is 37.8 Å². The molecule has 4 rings (SSSR count). The van der Waals surface area contributed by atoms with Gasteiger partial charge in [0.2, 0.25) is 0 Å². The Bertz CT molecular complexity index is 783. The molecule has 1 amide bonds. The maximum Gasteiger partial charge on any atom is 0.269 e. The molecule has 1 aliphatic carbocycles. The number of rotatable bonds is 5. The fourth-order valence-electron chi connectivity index (χ4n) is 4.12. The second kappa shape index (κ2) is 8.19. The van der Waals surface area contributed by atoms with Crippen LogP contribution in [0, 0.1) is 0 Å². The van der Waals surface area contributed by atoms with Gasteiger partial charge in [-0.3, -0.25) is 19.4 Å². The Hall–Kier alpha value is -2.25. The Kier molecular flexibility index (Phi) is 5.50. The number of carbonyl (C=O) groups is 1. The van der Waals surface area contributed by atoms with Gasteiger partial charge in [-0.2, -0.15) is 5.10 Å². The average molecular weight is 369 g/mol. The van der Waals surface area contributed by atoms with Crippen LogP contribution in [0.3, 0.4) is 0 Å². The van der Waals surface area contributed by atoms with Crippen molar-refractivity contribution in [3.05, 3.63) is 47.0 Å². The van der Waals surface area contributed by atoms with E-state index < -0.39 is 0 Å². The summed E-state index contributed by atoms with van der Waals surface area (Å²) >= 11 is 0. The fraction of sp³-hybridized carbons (Fsp3) is 0.550. The Morgan fingerprint density at radius 3 is 2.85 bits per heavy atom. The highest BCUT2D eigenvalue weighted by molar-refractivity contribution is 5.94. The highest BCUT2D eigenvalue weighted by Gasteiger charge is 2.27. The van der Waals surface area contributed by atoms with Crippen LogP contribution in [-0.2, 0) is 24.6 Å². The van der Waals surface area contributed by atoms with E-state index in [1.165, 1.54) is 0 Å². The summed E-state index contributed by atoms with van der Waals surface area (Å²) < 4.78 is 7.23. The van der Waals surface area contributed by atoms with Crippen molar-refractivity contribution in [3.63, 3.8) is 0 Å². The number of hydrogen-bond acceptors (Lipinski definition) is 5. The molecule has 27 heavy (non-hydrogen) atoms. The topological polar surface area (TPSA) is 72.3 Å². The van der Waals surface area contributed by atoms with Gasteiger partial charge in [0.05, 0.1) is 30.6 Å². The van der Waals surface area contributed by atoms with Crippen molar-refractivity contribution in [2.45, 2.75) is 31.7 Å². The average Bonchev–Trinajstić information content (AvgIpc) is 3.05. The number of morpholine rings is 1. The number of carbonyl (C=O) groups excluding carboxylic acids is 1. The number of pyridine rings is 1. The number of aryl methyl sites for hydroxylation is 2. The third-order valence-electron chi connectivity index (χ3n) is 5.51. The molecule has 2 aliphatic rings. The minimum Gasteiger partial charge on any atom is -0.379 e. The predicted octanol–water partition coefficient (Wildman–Crippen LogP) is 1.50. The molecule has 0 unspecified atom stereocenters. The quantitative estimate of drug-likeness (QED) is 0.865. The summed E-state index contributed by atoms with van der Waals surface area (Å²) in [6.07, 6.45) is 6.01. The molecule has 2 aromatic heterocycles. The summed E-state index contributed by atoms with van der Waals surface area (Å²) in [6, 6.07) is 5.98. The minimum atomic E-state index is -0.0395. The van der Waals surface area contributed by atoms with Crippen molar-refractivity contribution in [1.29, 1.82) is 0 Å². The SMILES string of the molecule is Cn1nc2c(c1C(=O)NC[C@@H](c1ccccn1)N1CCOCC1)CCCC2. The van der Waals surface area contributed by atoms with Crippen molar-refractivity contribution < 1.29 is 9.53 Å². The molecule has 7 heteroatoms. The summed E-state index contributed by atoms with van der Waals surface area (Å²) in [6.45, 7) is 3.64. The zero-order chi connectivity index (χ0) is 18.6. The first kappa shape index (κ1) is 18.1. The van der Waals surface area contributed by atoms with Crippen LogP contribution in [-0.4, -0.2) is 58.4 Å². The first-order valence-electron chi connectivity index (χ1n) is 9.79. The molecule has 0 aromatic carbocycles. The first-order chi connectivity index (χ1) is 13.2. The van der Waals surface area contributed by atoms with Gasteiger partial charge in [0.1, 0.15) is 5.69 Å². The molecule has 1 fully saturated rings. The van der Waals surface area contributed by atoms with E-state index in [1.54, 1.807) is 4.68 Å². The Morgan fingerprint density at radius 2 is 2.07 bits per heavy atom. The zero-order valence-corrected chi connectivity index (χ0v) is 15.9. The minimum absolute atomic E-state index is 0.0395. The van der Waals surface area contributed by atoms with Gasteiger partial charge in [-0.15, -0.1) is 0 Å². The van der Waals surface area contributed by atoms with Gasteiger partial charge in [0, 0.05) is 38.4 Å². The van der Waals surface area contributed by atoms with Gasteiger partial charge >= 0.3 is 0 Å². The number of nitrogens with one attached hydrogen (secondary N) is 1. The van der Waals surface area contributed by atoms with Crippen LogP contribution in [0.2, 0.25) is 0 Å². The number of aromatic nitrogens is 3. The lowest BCUT2D eigenvalue weighted by atomic mass is 9.95. The highest BCUT2D eigenvalue weighted by Crippen LogP contribution is 2.24. The van der Waals surface area contributed by atoms with E-state index in [4.69, 9.17) is 4.74 Å². The van der Waals surface area contributed by atoms with Crippen molar-refractivity contribution in [3.8, 4) is 0 Å². The number of fused-ring (bicyclic) bond motifs is 1. The Labute approximate surface area is 159 Å². The number of nitrogens with zero attached hydrogens (tertiary/aromatic N) is 4. The van der Waals surface area contributed by atoms with Crippen LogP contribution in [0.1, 0.15) is 46.3 Å². The normalized spacial score (nSPS) is 18.7. The number of ether oxygens (including phenoxy) is 1. The maximum atomic E-state index is 13.0. The van der Waals surface area contributed by atoms with Gasteiger partial charge in [-0.25, -0.2) is 0 Å². The van der Waals surface area contributed by atoms with Crippen LogP contribution in [0.5, 0.6) is 0 Å². The van der Waals surface area contributed by atoms with Crippen molar-refractivity contribution >= 4 is 5.91 Å².